The van der Waals surface area contributed by atoms with Crippen molar-refractivity contribution >= 4 is 45.3 Å². The van der Waals surface area contributed by atoms with E-state index in [1.165, 1.54) is 45.6 Å². The number of nitro groups is 1. The van der Waals surface area contributed by atoms with Crippen molar-refractivity contribution in [1.29, 1.82) is 0 Å². The lowest BCUT2D eigenvalue weighted by atomic mass is 10.2. The van der Waals surface area contributed by atoms with Crippen molar-refractivity contribution in [3.8, 4) is 0 Å². The Balaban J connectivity index is 1.74. The number of carbonyl (C=O) groups excluding carboxylic acids is 2. The molecule has 0 atom stereocenters. The van der Waals surface area contributed by atoms with Crippen molar-refractivity contribution in [1.82, 2.24) is 9.21 Å². The molecule has 30 heavy (non-hydrogen) atoms. The minimum Gasteiger partial charge on any atom is -0.343 e. The molecule has 2 amide bonds. The molecule has 0 aromatic heterocycles. The molecule has 2 aromatic carbocycles. The second-order valence-electron chi connectivity index (χ2n) is 6.45. The fourth-order valence-electron chi connectivity index (χ4n) is 2.89. The Kier molecular flexibility index (Phi) is 6.34. The van der Waals surface area contributed by atoms with Crippen molar-refractivity contribution in [2.45, 2.75) is 4.90 Å². The molecule has 0 unspecified atom stereocenters. The molecule has 158 valence electrons. The van der Waals surface area contributed by atoms with Crippen molar-refractivity contribution in [3.05, 3.63) is 63.2 Å². The van der Waals surface area contributed by atoms with E-state index >= 15 is 0 Å². The quantitative estimate of drug-likeness (QED) is 0.405. The summed E-state index contributed by atoms with van der Waals surface area (Å²) in [5, 5.41) is 13.5. The Morgan fingerprint density at radius 3 is 2.30 bits per heavy atom. The van der Waals surface area contributed by atoms with Crippen molar-refractivity contribution < 1.29 is 22.9 Å². The van der Waals surface area contributed by atoms with E-state index in [9.17, 15) is 28.1 Å². The summed E-state index contributed by atoms with van der Waals surface area (Å²) in [4.78, 5) is 35.0. The number of hydrogen-bond donors (Lipinski definition) is 1. The van der Waals surface area contributed by atoms with E-state index in [-0.39, 0.29) is 39.9 Å². The van der Waals surface area contributed by atoms with E-state index < -0.39 is 20.9 Å². The zero-order valence-corrected chi connectivity index (χ0v) is 17.1. The molecule has 0 aliphatic carbocycles. The van der Waals surface area contributed by atoms with Crippen LogP contribution in [0.25, 0.3) is 0 Å². The van der Waals surface area contributed by atoms with Gasteiger partial charge in [0.2, 0.25) is 16.4 Å². The van der Waals surface area contributed by atoms with Crippen LogP contribution in [0.1, 0.15) is 10.4 Å². The van der Waals surface area contributed by atoms with Gasteiger partial charge in [0.05, 0.1) is 20.5 Å². The SMILES string of the molecule is O=CN1CCN(S(=O)(=O)c2ccc(C(=O)Nc3cc([N+](=O)[O-])ccc3Cl)cc2)CC1. The Hall–Kier alpha value is -3.02. The fraction of sp³-hybridized carbons (Fsp3) is 0.222. The molecule has 1 N–H and O–H groups in total. The van der Waals surface area contributed by atoms with Crippen LogP contribution in [0, 0.1) is 10.1 Å². The van der Waals surface area contributed by atoms with Gasteiger partial charge in [0.25, 0.3) is 11.6 Å². The molecule has 1 aliphatic rings. The second kappa shape index (κ2) is 8.78. The fourth-order valence-corrected chi connectivity index (χ4v) is 4.48. The standard InChI is InChI=1S/C18H17ClN4O6S/c19-16-6-3-14(23(26)27)11-17(16)20-18(25)13-1-4-15(5-2-13)30(28,29)22-9-7-21(12-24)8-10-22/h1-6,11-12H,7-10H2,(H,20,25). The Morgan fingerprint density at radius 2 is 1.73 bits per heavy atom. The molecule has 10 nitrogen and oxygen atoms in total. The van der Waals surface area contributed by atoms with Gasteiger partial charge in [-0.05, 0) is 30.3 Å². The molecule has 2 aromatic rings. The van der Waals surface area contributed by atoms with Gasteiger partial charge in [-0.3, -0.25) is 19.7 Å². The third kappa shape index (κ3) is 4.58. The Bertz CT molecular complexity index is 1080. The average Bonchev–Trinajstić information content (AvgIpc) is 2.75. The van der Waals surface area contributed by atoms with E-state index in [2.05, 4.69) is 5.32 Å². The van der Waals surface area contributed by atoms with Crippen LogP contribution in [-0.2, 0) is 14.8 Å². The zero-order valence-electron chi connectivity index (χ0n) is 15.5. The summed E-state index contributed by atoms with van der Waals surface area (Å²) in [6.45, 7) is 1.00. The van der Waals surface area contributed by atoms with Gasteiger partial charge in [-0.1, -0.05) is 11.6 Å². The maximum absolute atomic E-state index is 12.7. The normalized spacial score (nSPS) is 14.9. The van der Waals surface area contributed by atoms with Gasteiger partial charge in [-0.2, -0.15) is 4.31 Å². The highest BCUT2D eigenvalue weighted by atomic mass is 35.5. The number of carbonyl (C=O) groups is 2. The predicted octanol–water partition coefficient (Wildman–Crippen LogP) is 1.96. The lowest BCUT2D eigenvalue weighted by Crippen LogP contribution is -2.47. The summed E-state index contributed by atoms with van der Waals surface area (Å²) >= 11 is 5.98. The van der Waals surface area contributed by atoms with Gasteiger partial charge >= 0.3 is 0 Å². The first-order chi connectivity index (χ1) is 14.2. The third-order valence-electron chi connectivity index (χ3n) is 4.59. The molecule has 0 saturated carbocycles. The lowest BCUT2D eigenvalue weighted by molar-refractivity contribution is -0.384. The van der Waals surface area contributed by atoms with Crippen LogP contribution in [0.4, 0.5) is 11.4 Å². The second-order valence-corrected chi connectivity index (χ2v) is 8.79. The first kappa shape index (κ1) is 21.7. The predicted molar refractivity (Wildman–Crippen MR) is 109 cm³/mol. The average molecular weight is 453 g/mol. The van der Waals surface area contributed by atoms with Crippen LogP contribution in [0.15, 0.2) is 47.4 Å². The highest BCUT2D eigenvalue weighted by molar-refractivity contribution is 7.89. The zero-order chi connectivity index (χ0) is 21.9. The molecule has 1 fully saturated rings. The number of amides is 2. The summed E-state index contributed by atoms with van der Waals surface area (Å²) in [6.07, 6.45) is 0.685. The summed E-state index contributed by atoms with van der Waals surface area (Å²) in [6, 6.07) is 8.96. The maximum atomic E-state index is 12.7. The van der Waals surface area contributed by atoms with Crippen LogP contribution in [0.3, 0.4) is 0 Å². The van der Waals surface area contributed by atoms with Gasteiger partial charge in [-0.25, -0.2) is 8.42 Å². The van der Waals surface area contributed by atoms with Gasteiger partial charge in [0.1, 0.15) is 0 Å². The minimum atomic E-state index is -3.75. The number of halogens is 1. The number of rotatable bonds is 6. The molecular weight excluding hydrogens is 436 g/mol. The van der Waals surface area contributed by atoms with Crippen LogP contribution < -0.4 is 5.32 Å². The van der Waals surface area contributed by atoms with Crippen LogP contribution >= 0.6 is 11.6 Å². The summed E-state index contributed by atoms with van der Waals surface area (Å²) in [5.74, 6) is -0.596. The molecule has 1 saturated heterocycles. The summed E-state index contributed by atoms with van der Waals surface area (Å²) < 4.78 is 26.8. The monoisotopic (exact) mass is 452 g/mol. The van der Waals surface area contributed by atoms with Crippen LogP contribution in [0.2, 0.25) is 5.02 Å². The number of nitrogens with one attached hydrogen (secondary N) is 1. The number of anilines is 1. The Labute approximate surface area is 177 Å². The molecule has 1 aliphatic heterocycles. The topological polar surface area (TPSA) is 130 Å². The summed E-state index contributed by atoms with van der Waals surface area (Å²) in [5.41, 5.74) is -0.00581. The van der Waals surface area contributed by atoms with Gasteiger partial charge in [0.15, 0.2) is 0 Å². The number of non-ortho nitro benzene ring substituents is 1. The van der Waals surface area contributed by atoms with Gasteiger partial charge in [0, 0.05) is 43.9 Å². The third-order valence-corrected chi connectivity index (χ3v) is 6.83. The lowest BCUT2D eigenvalue weighted by Gasteiger charge is -2.31. The van der Waals surface area contributed by atoms with E-state index in [1.807, 2.05) is 0 Å². The smallest absolute Gasteiger partial charge is 0.271 e. The first-order valence-electron chi connectivity index (χ1n) is 8.77. The first-order valence-corrected chi connectivity index (χ1v) is 10.6. The number of piperazine rings is 1. The molecular formula is C18H17ClN4O6S. The minimum absolute atomic E-state index is 0.0204. The summed E-state index contributed by atoms with van der Waals surface area (Å²) in [7, 11) is -3.75. The van der Waals surface area contributed by atoms with Crippen molar-refractivity contribution in [2.75, 3.05) is 31.5 Å². The van der Waals surface area contributed by atoms with Crippen molar-refractivity contribution in [2.24, 2.45) is 0 Å². The number of nitro benzene ring substituents is 1. The molecule has 1 heterocycles. The molecule has 0 radical (unpaired) electrons. The van der Waals surface area contributed by atoms with E-state index in [1.54, 1.807) is 0 Å². The van der Waals surface area contributed by atoms with Gasteiger partial charge < -0.3 is 10.2 Å². The highest BCUT2D eigenvalue weighted by Crippen LogP contribution is 2.27. The van der Waals surface area contributed by atoms with Crippen molar-refractivity contribution in [3.63, 3.8) is 0 Å². The number of benzene rings is 2. The maximum Gasteiger partial charge on any atom is 0.271 e. The van der Waals surface area contributed by atoms with Crippen LogP contribution in [0.5, 0.6) is 0 Å². The molecule has 12 heteroatoms. The highest BCUT2D eigenvalue weighted by Gasteiger charge is 2.28. The number of nitrogens with zero attached hydrogens (tertiary/aromatic N) is 3. The van der Waals surface area contributed by atoms with E-state index in [4.69, 9.17) is 11.6 Å². The molecule has 0 spiro atoms. The van der Waals surface area contributed by atoms with E-state index in [0.717, 1.165) is 6.07 Å². The van der Waals surface area contributed by atoms with Crippen LogP contribution in [-0.4, -0.2) is 61.0 Å². The van der Waals surface area contributed by atoms with E-state index in [0.29, 0.717) is 19.5 Å². The largest absolute Gasteiger partial charge is 0.343 e. The molecule has 3 rings (SSSR count). The van der Waals surface area contributed by atoms with Gasteiger partial charge in [-0.15, -0.1) is 0 Å². The number of hydrogen-bond acceptors (Lipinski definition) is 6. The number of sulfonamides is 1. The molecule has 0 bridgehead atoms. The Morgan fingerprint density at radius 1 is 1.10 bits per heavy atom.